The van der Waals surface area contributed by atoms with Gasteiger partial charge >= 0.3 is 0 Å². The highest BCUT2D eigenvalue weighted by molar-refractivity contribution is 5.33. The molecule has 2 aliphatic heterocycles. The molecule has 1 aliphatic carbocycles. The molecule has 6 heteroatoms. The van der Waals surface area contributed by atoms with Crippen LogP contribution >= 0.6 is 0 Å². The third kappa shape index (κ3) is 4.33. The van der Waals surface area contributed by atoms with Crippen molar-refractivity contribution in [2.75, 3.05) is 26.2 Å². The molecule has 1 saturated carbocycles. The summed E-state index contributed by atoms with van der Waals surface area (Å²) < 4.78 is 8.73. The van der Waals surface area contributed by atoms with Crippen LogP contribution in [-0.4, -0.2) is 51.9 Å². The van der Waals surface area contributed by atoms with Crippen LogP contribution in [0.1, 0.15) is 61.7 Å². The van der Waals surface area contributed by atoms with Crippen molar-refractivity contribution in [3.8, 4) is 5.75 Å². The van der Waals surface area contributed by atoms with Crippen molar-refractivity contribution in [3.63, 3.8) is 0 Å². The number of hydrogen-bond acceptors (Lipinski definition) is 5. The van der Waals surface area contributed by atoms with Gasteiger partial charge < -0.3 is 14.6 Å². The number of benzene rings is 1. The molecule has 0 radical (unpaired) electrons. The summed E-state index contributed by atoms with van der Waals surface area (Å²) >= 11 is 0. The first-order chi connectivity index (χ1) is 14.4. The van der Waals surface area contributed by atoms with Gasteiger partial charge in [-0.3, -0.25) is 4.90 Å². The molecule has 0 atom stereocenters. The maximum Gasteiger partial charge on any atom is 0.136 e. The molecule has 1 N–H and O–H groups in total. The van der Waals surface area contributed by atoms with Crippen LogP contribution < -0.4 is 10.1 Å². The smallest absolute Gasteiger partial charge is 0.136 e. The second-order valence-corrected chi connectivity index (χ2v) is 8.81. The Hall–Kier alpha value is -1.92. The molecule has 0 amide bonds. The number of piperidine rings is 1. The lowest BCUT2D eigenvalue weighted by Gasteiger charge is -2.32. The Labute approximate surface area is 173 Å². The second-order valence-electron chi connectivity index (χ2n) is 8.81. The zero-order chi connectivity index (χ0) is 19.5. The van der Waals surface area contributed by atoms with Crippen molar-refractivity contribution in [1.82, 2.24) is 25.0 Å². The largest absolute Gasteiger partial charge is 0.490 e. The van der Waals surface area contributed by atoms with Crippen molar-refractivity contribution in [1.29, 1.82) is 0 Å². The van der Waals surface area contributed by atoms with Crippen LogP contribution in [-0.2, 0) is 19.5 Å². The van der Waals surface area contributed by atoms with E-state index in [1.165, 1.54) is 37.1 Å². The molecule has 5 rings (SSSR count). The molecule has 29 heavy (non-hydrogen) atoms. The summed E-state index contributed by atoms with van der Waals surface area (Å²) in [7, 11) is 0. The van der Waals surface area contributed by atoms with Crippen LogP contribution in [0.4, 0.5) is 0 Å². The predicted molar refractivity (Wildman–Crippen MR) is 113 cm³/mol. The normalized spacial score (nSPS) is 21.8. The Morgan fingerprint density at radius 1 is 0.966 bits per heavy atom. The van der Waals surface area contributed by atoms with E-state index in [1.54, 1.807) is 0 Å². The number of hydrogen-bond donors (Lipinski definition) is 1. The molecule has 1 saturated heterocycles. The monoisotopic (exact) mass is 395 g/mol. The summed E-state index contributed by atoms with van der Waals surface area (Å²) in [4.78, 5) is 2.58. The summed E-state index contributed by atoms with van der Waals surface area (Å²) in [6.45, 7) is 6.25. The van der Waals surface area contributed by atoms with E-state index in [9.17, 15) is 0 Å². The molecule has 0 unspecified atom stereocenters. The lowest BCUT2D eigenvalue weighted by atomic mass is 9.95. The molecule has 2 fully saturated rings. The van der Waals surface area contributed by atoms with Crippen LogP contribution in [0.2, 0.25) is 0 Å². The zero-order valence-electron chi connectivity index (χ0n) is 17.4. The van der Waals surface area contributed by atoms with Crippen LogP contribution in [0.5, 0.6) is 5.75 Å². The molecule has 1 aromatic heterocycles. The zero-order valence-corrected chi connectivity index (χ0v) is 17.4. The number of fused-ring (bicyclic) bond motifs is 1. The van der Waals surface area contributed by atoms with Gasteiger partial charge in [-0.05, 0) is 57.7 Å². The highest BCUT2D eigenvalue weighted by Crippen LogP contribution is 2.31. The van der Waals surface area contributed by atoms with E-state index >= 15 is 0 Å². The van der Waals surface area contributed by atoms with Crippen molar-refractivity contribution >= 4 is 0 Å². The third-order valence-corrected chi connectivity index (χ3v) is 6.81. The van der Waals surface area contributed by atoms with E-state index in [0.29, 0.717) is 12.0 Å². The fourth-order valence-electron chi connectivity index (χ4n) is 5.12. The minimum absolute atomic E-state index is 0.416. The molecule has 3 heterocycles. The number of likely N-dealkylation sites (tertiary alicyclic amines) is 1. The SMILES string of the molecule is c1ccc(OC2CCCC2)c(CN2CCC(c3nnc4n3CCNCC4)CC2)c1. The lowest BCUT2D eigenvalue weighted by Crippen LogP contribution is -2.33. The van der Waals surface area contributed by atoms with E-state index in [0.717, 1.165) is 70.1 Å². The molecular formula is C23H33N5O. The van der Waals surface area contributed by atoms with Crippen LogP contribution in [0.25, 0.3) is 0 Å². The Morgan fingerprint density at radius 2 is 1.79 bits per heavy atom. The van der Waals surface area contributed by atoms with Crippen molar-refractivity contribution in [2.45, 2.75) is 70.1 Å². The molecule has 3 aliphatic rings. The van der Waals surface area contributed by atoms with Crippen molar-refractivity contribution in [3.05, 3.63) is 41.5 Å². The maximum absolute atomic E-state index is 6.35. The van der Waals surface area contributed by atoms with Gasteiger partial charge in [-0.2, -0.15) is 0 Å². The van der Waals surface area contributed by atoms with Crippen LogP contribution in [0, 0.1) is 0 Å². The number of para-hydroxylation sites is 1. The number of ether oxygens (including phenoxy) is 1. The molecule has 156 valence electrons. The topological polar surface area (TPSA) is 55.2 Å². The quantitative estimate of drug-likeness (QED) is 0.843. The highest BCUT2D eigenvalue weighted by Gasteiger charge is 2.27. The van der Waals surface area contributed by atoms with Gasteiger partial charge in [0, 0.05) is 44.1 Å². The van der Waals surface area contributed by atoms with Crippen molar-refractivity contribution < 1.29 is 4.74 Å². The summed E-state index contributed by atoms with van der Waals surface area (Å²) in [6.07, 6.45) is 8.76. The second kappa shape index (κ2) is 8.84. The minimum atomic E-state index is 0.416. The first-order valence-corrected chi connectivity index (χ1v) is 11.5. The molecule has 0 bridgehead atoms. The van der Waals surface area contributed by atoms with E-state index < -0.39 is 0 Å². The van der Waals surface area contributed by atoms with Gasteiger partial charge in [0.15, 0.2) is 0 Å². The maximum atomic E-state index is 6.35. The molecule has 1 aromatic carbocycles. The Kier molecular flexibility index (Phi) is 5.81. The summed E-state index contributed by atoms with van der Waals surface area (Å²) in [5, 5.41) is 12.5. The van der Waals surface area contributed by atoms with E-state index in [2.05, 4.69) is 49.2 Å². The number of nitrogens with one attached hydrogen (secondary N) is 1. The average Bonchev–Trinajstić information content (AvgIpc) is 3.35. The average molecular weight is 396 g/mol. The lowest BCUT2D eigenvalue weighted by molar-refractivity contribution is 0.184. The summed E-state index contributed by atoms with van der Waals surface area (Å²) in [5.41, 5.74) is 1.33. The number of aromatic nitrogens is 3. The Bertz CT molecular complexity index is 805. The Morgan fingerprint density at radius 3 is 2.66 bits per heavy atom. The Balaban J connectivity index is 1.20. The van der Waals surface area contributed by atoms with Gasteiger partial charge in [-0.1, -0.05) is 18.2 Å². The summed E-state index contributed by atoms with van der Waals surface area (Å²) in [5.74, 6) is 4.01. The van der Waals surface area contributed by atoms with Gasteiger partial charge in [0.2, 0.25) is 0 Å². The van der Waals surface area contributed by atoms with E-state index in [1.807, 2.05) is 0 Å². The van der Waals surface area contributed by atoms with Gasteiger partial charge in [-0.15, -0.1) is 10.2 Å². The van der Waals surface area contributed by atoms with E-state index in [-0.39, 0.29) is 0 Å². The van der Waals surface area contributed by atoms with Crippen LogP contribution in [0.3, 0.4) is 0 Å². The van der Waals surface area contributed by atoms with Gasteiger partial charge in [0.05, 0.1) is 6.10 Å². The minimum Gasteiger partial charge on any atom is -0.490 e. The predicted octanol–water partition coefficient (Wildman–Crippen LogP) is 3.12. The molecular weight excluding hydrogens is 362 g/mol. The third-order valence-electron chi connectivity index (χ3n) is 6.81. The van der Waals surface area contributed by atoms with Crippen molar-refractivity contribution in [2.24, 2.45) is 0 Å². The molecule has 0 spiro atoms. The van der Waals surface area contributed by atoms with Gasteiger partial charge in [-0.25, -0.2) is 0 Å². The molecule has 6 nitrogen and oxygen atoms in total. The number of nitrogens with zero attached hydrogens (tertiary/aromatic N) is 4. The van der Waals surface area contributed by atoms with Crippen LogP contribution in [0.15, 0.2) is 24.3 Å². The standard InChI is InChI=1S/C23H33N5O/c1-4-8-21(29-20-6-2-3-7-20)19(5-1)17-27-14-10-18(11-15-27)23-26-25-22-9-12-24-13-16-28(22)23/h1,4-5,8,18,20,24H,2-3,6-7,9-17H2. The summed E-state index contributed by atoms with van der Waals surface area (Å²) in [6, 6.07) is 8.64. The highest BCUT2D eigenvalue weighted by atomic mass is 16.5. The number of rotatable bonds is 5. The van der Waals surface area contributed by atoms with Gasteiger partial charge in [0.25, 0.3) is 0 Å². The van der Waals surface area contributed by atoms with E-state index in [4.69, 9.17) is 4.74 Å². The molecule has 2 aromatic rings. The first kappa shape index (κ1) is 19.1. The van der Waals surface area contributed by atoms with Gasteiger partial charge in [0.1, 0.15) is 17.4 Å². The fraction of sp³-hybridized carbons (Fsp3) is 0.652. The first-order valence-electron chi connectivity index (χ1n) is 11.5. The fourth-order valence-corrected chi connectivity index (χ4v) is 5.12.